The fourth-order valence-corrected chi connectivity index (χ4v) is 9.46. The summed E-state index contributed by atoms with van der Waals surface area (Å²) in [5.41, 5.74) is -0.697. The van der Waals surface area contributed by atoms with E-state index in [1.54, 1.807) is 0 Å². The number of thioether (sulfide) groups is 2. The lowest BCUT2D eigenvalue weighted by atomic mass is 9.51. The molecule has 0 aromatic carbocycles. The summed E-state index contributed by atoms with van der Waals surface area (Å²) in [4.78, 5) is 69.8. The molecule has 38 heavy (non-hydrogen) atoms. The molecule has 2 aliphatic heterocycles. The quantitative estimate of drug-likeness (QED) is 0.280. The molecule has 5 aliphatic rings. The molecule has 2 spiro atoms. The molecule has 208 valence electrons. The molecule has 2 heterocycles. The Labute approximate surface area is 232 Å². The Balaban J connectivity index is 1.36. The molecular weight excluding hydrogens is 524 g/mol. The van der Waals surface area contributed by atoms with Crippen molar-refractivity contribution in [3.05, 3.63) is 9.81 Å². The Bertz CT molecular complexity index is 1060. The van der Waals surface area contributed by atoms with Crippen LogP contribution in [0.3, 0.4) is 0 Å². The highest BCUT2D eigenvalue weighted by Crippen LogP contribution is 2.58. The summed E-state index contributed by atoms with van der Waals surface area (Å²) in [5, 5.41) is 2.88. The third-order valence-corrected chi connectivity index (χ3v) is 11.3. The lowest BCUT2D eigenvalue weighted by Gasteiger charge is -2.56. The molecule has 9 nitrogen and oxygen atoms in total. The molecule has 0 atom stereocenters. The highest BCUT2D eigenvalue weighted by atomic mass is 32.2. The molecule has 11 heteroatoms. The Morgan fingerprint density at radius 3 is 2.05 bits per heavy atom. The highest BCUT2D eigenvalue weighted by molar-refractivity contribution is 8.22. The third-order valence-electron chi connectivity index (χ3n) is 9.10. The van der Waals surface area contributed by atoms with Crippen LogP contribution in [0.2, 0.25) is 0 Å². The molecule has 0 aromatic rings. The molecule has 0 aromatic heterocycles. The van der Waals surface area contributed by atoms with Crippen molar-refractivity contribution in [3.63, 3.8) is 0 Å². The van der Waals surface area contributed by atoms with Gasteiger partial charge in [0.15, 0.2) is 0 Å². The molecule has 2 saturated heterocycles. The van der Waals surface area contributed by atoms with Crippen molar-refractivity contribution in [1.29, 1.82) is 0 Å². The van der Waals surface area contributed by atoms with Gasteiger partial charge in [-0.25, -0.2) is 9.59 Å². The number of likely N-dealkylation sites (N-methyl/N-ethyl adjacent to an activating group) is 1. The van der Waals surface area contributed by atoms with E-state index in [1.165, 1.54) is 40.4 Å². The van der Waals surface area contributed by atoms with Crippen LogP contribution >= 0.6 is 23.5 Å². The van der Waals surface area contributed by atoms with E-state index in [4.69, 9.17) is 0 Å². The molecule has 0 bridgehead atoms. The molecule has 7 amide bonds. The number of nitrogens with zero attached hydrogens (tertiary/aromatic N) is 3. The minimum atomic E-state index is -0.792. The van der Waals surface area contributed by atoms with Gasteiger partial charge in [-0.05, 0) is 74.2 Å². The Kier molecular flexibility index (Phi) is 7.63. The number of hydrogen-bond donors (Lipinski definition) is 1. The summed E-state index contributed by atoms with van der Waals surface area (Å²) in [6.45, 7) is 4.37. The van der Waals surface area contributed by atoms with Gasteiger partial charge in [0.1, 0.15) is 11.1 Å². The minimum absolute atomic E-state index is 0.0637. The van der Waals surface area contributed by atoms with E-state index in [2.05, 4.69) is 5.32 Å². The van der Waals surface area contributed by atoms with Crippen LogP contribution in [0.25, 0.3) is 0 Å². The summed E-state index contributed by atoms with van der Waals surface area (Å²) >= 11 is 3.00. The first-order chi connectivity index (χ1) is 18.1. The van der Waals surface area contributed by atoms with Crippen LogP contribution in [0, 0.1) is 11.3 Å². The zero-order valence-corrected chi connectivity index (χ0v) is 24.2. The molecule has 0 radical (unpaired) electrons. The van der Waals surface area contributed by atoms with Crippen molar-refractivity contribution < 1.29 is 24.0 Å². The lowest BCUT2D eigenvalue weighted by molar-refractivity contribution is -0.143. The molecule has 1 N–H and O–H groups in total. The van der Waals surface area contributed by atoms with E-state index in [1.807, 2.05) is 13.8 Å². The summed E-state index contributed by atoms with van der Waals surface area (Å²) in [7, 11) is 1.51. The molecule has 0 unspecified atom stereocenters. The second-order valence-electron chi connectivity index (χ2n) is 11.5. The van der Waals surface area contributed by atoms with E-state index >= 15 is 0 Å². The van der Waals surface area contributed by atoms with E-state index < -0.39 is 23.4 Å². The fraction of sp³-hybridized carbons (Fsp3) is 0.741. The van der Waals surface area contributed by atoms with Crippen LogP contribution in [-0.4, -0.2) is 81.2 Å². The standard InChI is InChI=1S/C27H38N4O5S2/c1-4-37-22(38-5-2)19-20(32)30(14-17-8-6-7-9-17)25(36)31(21(19)33)18-10-12-26(13-11-18)15-27(16-26)23(34)29(3)24(35)28-27/h17-18H,4-16H2,1-3H3,(H,28,35). The smallest absolute Gasteiger partial charge is 0.323 e. The predicted octanol–water partition coefficient (Wildman–Crippen LogP) is 4.33. The van der Waals surface area contributed by atoms with Crippen LogP contribution in [0.1, 0.15) is 78.1 Å². The predicted molar refractivity (Wildman–Crippen MR) is 147 cm³/mol. The largest absolute Gasteiger partial charge is 0.334 e. The molecule has 3 aliphatic carbocycles. The first-order valence-electron chi connectivity index (χ1n) is 13.9. The number of urea groups is 2. The van der Waals surface area contributed by atoms with Crippen molar-refractivity contribution in [2.75, 3.05) is 25.1 Å². The number of carbonyl (C=O) groups is 5. The monoisotopic (exact) mass is 562 g/mol. The number of amides is 7. The number of carbonyl (C=O) groups excluding carboxylic acids is 5. The van der Waals surface area contributed by atoms with E-state index in [9.17, 15) is 24.0 Å². The van der Waals surface area contributed by atoms with E-state index in [0.29, 0.717) is 42.4 Å². The van der Waals surface area contributed by atoms with Crippen LogP contribution in [-0.2, 0) is 14.4 Å². The van der Waals surface area contributed by atoms with Crippen LogP contribution in [0.5, 0.6) is 0 Å². The third kappa shape index (κ3) is 4.57. The van der Waals surface area contributed by atoms with Gasteiger partial charge in [0.05, 0.1) is 4.24 Å². The van der Waals surface area contributed by atoms with Crippen molar-refractivity contribution in [2.45, 2.75) is 89.6 Å². The topological polar surface area (TPSA) is 107 Å². The summed E-state index contributed by atoms with van der Waals surface area (Å²) < 4.78 is 0.715. The maximum Gasteiger partial charge on any atom is 0.334 e. The lowest BCUT2D eigenvalue weighted by Crippen LogP contribution is -2.65. The minimum Gasteiger partial charge on any atom is -0.323 e. The van der Waals surface area contributed by atoms with Crippen molar-refractivity contribution in [3.8, 4) is 0 Å². The maximum atomic E-state index is 13.9. The van der Waals surface area contributed by atoms with Gasteiger partial charge in [-0.2, -0.15) is 0 Å². The summed E-state index contributed by atoms with van der Waals surface area (Å²) in [6, 6.07) is -1.09. The number of nitrogens with one attached hydrogen (secondary N) is 1. The van der Waals surface area contributed by atoms with Crippen molar-refractivity contribution in [1.82, 2.24) is 20.0 Å². The summed E-state index contributed by atoms with van der Waals surface area (Å²) in [5.74, 6) is 0.709. The molecular formula is C27H38N4O5S2. The van der Waals surface area contributed by atoms with Gasteiger partial charge in [-0.3, -0.25) is 29.1 Å². The van der Waals surface area contributed by atoms with Gasteiger partial charge in [-0.15, -0.1) is 23.5 Å². The number of rotatable bonds is 7. The Morgan fingerprint density at radius 1 is 0.921 bits per heavy atom. The van der Waals surface area contributed by atoms with Gasteiger partial charge in [-0.1, -0.05) is 26.7 Å². The SMILES string of the molecule is CCSC(SCC)=C1C(=O)N(CC2CCCC2)C(=O)N(C2CCC3(CC2)CC2(C3)NC(=O)N(C)C2=O)C1=O. The van der Waals surface area contributed by atoms with Gasteiger partial charge >= 0.3 is 12.1 Å². The van der Waals surface area contributed by atoms with Gasteiger partial charge < -0.3 is 5.32 Å². The summed E-state index contributed by atoms with van der Waals surface area (Å²) in [6.07, 6.45) is 8.27. The number of hydrogen-bond acceptors (Lipinski definition) is 7. The van der Waals surface area contributed by atoms with Crippen LogP contribution < -0.4 is 5.32 Å². The zero-order valence-electron chi connectivity index (χ0n) is 22.5. The van der Waals surface area contributed by atoms with Crippen molar-refractivity contribution >= 4 is 53.3 Å². The van der Waals surface area contributed by atoms with E-state index in [0.717, 1.165) is 54.9 Å². The van der Waals surface area contributed by atoms with Gasteiger partial charge in [0.25, 0.3) is 17.7 Å². The highest BCUT2D eigenvalue weighted by Gasteiger charge is 2.64. The van der Waals surface area contributed by atoms with Crippen LogP contribution in [0.4, 0.5) is 9.59 Å². The number of barbiturate groups is 1. The van der Waals surface area contributed by atoms with Crippen LogP contribution in [0.15, 0.2) is 9.81 Å². The molecule has 5 fully saturated rings. The normalized spacial score (nSPS) is 32.2. The average molecular weight is 563 g/mol. The fourth-order valence-electron chi connectivity index (χ4n) is 7.26. The average Bonchev–Trinajstić information content (AvgIpc) is 3.46. The van der Waals surface area contributed by atoms with E-state index in [-0.39, 0.29) is 29.0 Å². The first-order valence-corrected chi connectivity index (χ1v) is 15.9. The molecule has 5 rings (SSSR count). The Morgan fingerprint density at radius 2 is 1.53 bits per heavy atom. The Hall–Kier alpha value is -2.01. The number of imide groups is 3. The first kappa shape index (κ1) is 27.6. The van der Waals surface area contributed by atoms with Gasteiger partial charge in [0, 0.05) is 19.6 Å². The second kappa shape index (κ2) is 10.5. The second-order valence-corrected chi connectivity index (χ2v) is 14.3. The molecule has 3 saturated carbocycles. The zero-order chi connectivity index (χ0) is 27.2. The maximum absolute atomic E-state index is 13.9. The van der Waals surface area contributed by atoms with Crippen molar-refractivity contribution in [2.24, 2.45) is 11.3 Å². The van der Waals surface area contributed by atoms with Gasteiger partial charge in [0.2, 0.25) is 0 Å².